The molecular formula is C20H24Cl2O3. The van der Waals surface area contributed by atoms with Crippen LogP contribution in [0.25, 0.3) is 0 Å². The average Bonchev–Trinajstić information content (AvgIpc) is 2.49. The zero-order valence-electron chi connectivity index (χ0n) is 12.8. The third kappa shape index (κ3) is 8.62. The lowest BCUT2D eigenvalue weighted by molar-refractivity contribution is -0.116. The Bertz CT molecular complexity index is 724. The van der Waals surface area contributed by atoms with Crippen molar-refractivity contribution in [2.24, 2.45) is 0 Å². The molecule has 0 saturated heterocycles. The molecule has 0 radical (unpaired) electrons. The minimum absolute atomic E-state index is 0. The summed E-state index contributed by atoms with van der Waals surface area (Å²) in [5, 5.41) is 0.986. The van der Waals surface area contributed by atoms with Gasteiger partial charge in [0.05, 0.1) is 5.02 Å². The van der Waals surface area contributed by atoms with Gasteiger partial charge < -0.3 is 0 Å². The summed E-state index contributed by atoms with van der Waals surface area (Å²) in [6, 6.07) is 13.9. The van der Waals surface area contributed by atoms with Crippen molar-refractivity contribution < 1.29 is 14.4 Å². The van der Waals surface area contributed by atoms with Crippen LogP contribution in [-0.4, -0.2) is 17.3 Å². The Morgan fingerprint density at radius 2 is 1.28 bits per heavy atom. The van der Waals surface area contributed by atoms with Crippen LogP contribution in [0.3, 0.4) is 0 Å². The van der Waals surface area contributed by atoms with Gasteiger partial charge in [-0.05, 0) is 30.7 Å². The van der Waals surface area contributed by atoms with Gasteiger partial charge in [0, 0.05) is 23.9 Å². The number of rotatable bonds is 4. The van der Waals surface area contributed by atoms with Crippen LogP contribution in [0.2, 0.25) is 10.0 Å². The van der Waals surface area contributed by atoms with Gasteiger partial charge in [0.25, 0.3) is 0 Å². The molecule has 0 aliphatic heterocycles. The summed E-state index contributed by atoms with van der Waals surface area (Å²) in [5.41, 5.74) is 1.17. The highest BCUT2D eigenvalue weighted by Gasteiger charge is 2.13. The van der Waals surface area contributed by atoms with E-state index >= 15 is 0 Å². The molecule has 5 heteroatoms. The van der Waals surface area contributed by atoms with Crippen LogP contribution in [-0.2, 0) is 16.0 Å². The molecule has 0 saturated carbocycles. The molecule has 0 amide bonds. The Morgan fingerprint density at radius 3 is 1.72 bits per heavy atom. The number of ketones is 3. The minimum Gasteiger partial charge on any atom is -0.300 e. The predicted molar refractivity (Wildman–Crippen MR) is 106 cm³/mol. The molecule has 0 unspecified atom stereocenters. The first kappa shape index (κ1) is 25.3. The van der Waals surface area contributed by atoms with Crippen molar-refractivity contribution in [2.75, 3.05) is 0 Å². The minimum atomic E-state index is -0.541. The fraction of sp³-hybridized carbons (Fsp3) is 0.250. The van der Waals surface area contributed by atoms with Gasteiger partial charge in [0.15, 0.2) is 5.78 Å². The SMILES string of the molecule is C.C.CC(=O)C(=O)c1ccccc1Cl.CC(=O)Cc1ccccc1Cl. The third-order valence-corrected chi connectivity index (χ3v) is 3.53. The molecule has 0 spiro atoms. The van der Waals surface area contributed by atoms with E-state index in [-0.39, 0.29) is 26.2 Å². The molecule has 0 atom stereocenters. The van der Waals surface area contributed by atoms with Gasteiger partial charge in [-0.25, -0.2) is 0 Å². The second-order valence-corrected chi connectivity index (χ2v) is 5.65. The number of hydrogen-bond acceptors (Lipinski definition) is 3. The first-order valence-electron chi connectivity index (χ1n) is 6.85. The average molecular weight is 383 g/mol. The van der Waals surface area contributed by atoms with Gasteiger partial charge in [0.1, 0.15) is 5.78 Å². The van der Waals surface area contributed by atoms with Gasteiger partial charge in [-0.15, -0.1) is 0 Å². The molecule has 2 rings (SSSR count). The van der Waals surface area contributed by atoms with Crippen LogP contribution >= 0.6 is 23.2 Å². The van der Waals surface area contributed by atoms with Crippen molar-refractivity contribution in [1.82, 2.24) is 0 Å². The van der Waals surface area contributed by atoms with Crippen molar-refractivity contribution in [3.8, 4) is 0 Å². The second-order valence-electron chi connectivity index (χ2n) is 4.84. The van der Waals surface area contributed by atoms with Crippen LogP contribution in [0.5, 0.6) is 0 Å². The lowest BCUT2D eigenvalue weighted by atomic mass is 10.1. The molecular weight excluding hydrogens is 359 g/mol. The largest absolute Gasteiger partial charge is 0.300 e. The predicted octanol–water partition coefficient (Wildman–Crippen LogP) is 5.86. The standard InChI is InChI=1S/C9H7ClO2.C9H9ClO.2CH4/c1-6(11)9(12)7-4-2-3-5-8(7)10;1-7(11)6-8-4-2-3-5-9(8)10;;/h2-5H,1H3;2-5H,6H2,1H3;2*1H4. The van der Waals surface area contributed by atoms with Crippen LogP contribution < -0.4 is 0 Å². The number of hydrogen-bond donors (Lipinski definition) is 0. The maximum absolute atomic E-state index is 11.1. The van der Waals surface area contributed by atoms with Crippen molar-refractivity contribution in [3.05, 3.63) is 69.7 Å². The van der Waals surface area contributed by atoms with E-state index in [1.165, 1.54) is 13.0 Å². The van der Waals surface area contributed by atoms with Gasteiger partial charge in [-0.1, -0.05) is 68.4 Å². The summed E-state index contributed by atoms with van der Waals surface area (Å²) in [6.45, 7) is 2.79. The number of Topliss-reactive ketones (excluding diaryl/α,β-unsaturated/α-hetero) is 3. The first-order valence-corrected chi connectivity index (χ1v) is 7.61. The Morgan fingerprint density at radius 1 is 0.800 bits per heavy atom. The summed E-state index contributed by atoms with van der Waals surface area (Å²) >= 11 is 11.5. The van der Waals surface area contributed by atoms with Gasteiger partial charge in [0.2, 0.25) is 5.78 Å². The summed E-state index contributed by atoms with van der Waals surface area (Å²) < 4.78 is 0. The van der Waals surface area contributed by atoms with E-state index < -0.39 is 11.6 Å². The molecule has 0 heterocycles. The van der Waals surface area contributed by atoms with E-state index in [9.17, 15) is 14.4 Å². The van der Waals surface area contributed by atoms with E-state index in [0.29, 0.717) is 16.5 Å². The normalized spacial score (nSPS) is 8.80. The summed E-state index contributed by atoms with van der Waals surface area (Å²) in [7, 11) is 0. The number of benzene rings is 2. The van der Waals surface area contributed by atoms with Crippen molar-refractivity contribution in [1.29, 1.82) is 0 Å². The van der Waals surface area contributed by atoms with Gasteiger partial charge in [-0.2, -0.15) is 0 Å². The molecule has 0 N–H and O–H groups in total. The van der Waals surface area contributed by atoms with E-state index in [4.69, 9.17) is 23.2 Å². The molecule has 136 valence electrons. The second kappa shape index (κ2) is 12.4. The van der Waals surface area contributed by atoms with Crippen LogP contribution in [0, 0.1) is 0 Å². The molecule has 3 nitrogen and oxygen atoms in total. The Balaban J connectivity index is 0. The number of carbonyl (C=O) groups is 3. The highest BCUT2D eigenvalue weighted by molar-refractivity contribution is 6.47. The monoisotopic (exact) mass is 382 g/mol. The van der Waals surface area contributed by atoms with Crippen molar-refractivity contribution in [3.63, 3.8) is 0 Å². The Hall–Kier alpha value is -1.97. The molecule has 0 aliphatic rings. The van der Waals surface area contributed by atoms with E-state index in [0.717, 1.165) is 5.56 Å². The third-order valence-electron chi connectivity index (χ3n) is 2.84. The summed E-state index contributed by atoms with van der Waals surface area (Å²) in [5.74, 6) is -0.901. The Labute approximate surface area is 160 Å². The van der Waals surface area contributed by atoms with E-state index in [1.54, 1.807) is 31.2 Å². The summed E-state index contributed by atoms with van der Waals surface area (Å²) in [6.07, 6.45) is 0.430. The van der Waals surface area contributed by atoms with Crippen molar-refractivity contribution in [2.45, 2.75) is 35.1 Å². The van der Waals surface area contributed by atoms with Gasteiger partial charge >= 0.3 is 0 Å². The van der Waals surface area contributed by atoms with Crippen LogP contribution in [0.1, 0.15) is 44.6 Å². The fourth-order valence-electron chi connectivity index (χ4n) is 1.74. The molecule has 2 aromatic rings. The highest BCUT2D eigenvalue weighted by Crippen LogP contribution is 2.16. The molecule has 0 aliphatic carbocycles. The first-order chi connectivity index (χ1) is 10.8. The fourth-order valence-corrected chi connectivity index (χ4v) is 2.17. The molecule has 25 heavy (non-hydrogen) atoms. The highest BCUT2D eigenvalue weighted by atomic mass is 35.5. The lowest BCUT2D eigenvalue weighted by Crippen LogP contribution is -2.09. The molecule has 0 bridgehead atoms. The Kier molecular flexibility index (Phi) is 12.5. The number of carbonyl (C=O) groups excluding carboxylic acids is 3. The maximum atomic E-state index is 11.1. The zero-order chi connectivity index (χ0) is 17.4. The maximum Gasteiger partial charge on any atom is 0.229 e. The van der Waals surface area contributed by atoms with E-state index in [1.807, 2.05) is 18.2 Å². The van der Waals surface area contributed by atoms with Gasteiger partial charge in [-0.3, -0.25) is 14.4 Å². The zero-order valence-corrected chi connectivity index (χ0v) is 14.3. The molecule has 0 aromatic heterocycles. The quantitative estimate of drug-likeness (QED) is 0.491. The number of halogens is 2. The smallest absolute Gasteiger partial charge is 0.229 e. The van der Waals surface area contributed by atoms with Crippen LogP contribution in [0.15, 0.2) is 48.5 Å². The molecule has 0 fully saturated rings. The molecule has 2 aromatic carbocycles. The summed E-state index contributed by atoms with van der Waals surface area (Å²) in [4.78, 5) is 32.5. The van der Waals surface area contributed by atoms with Crippen molar-refractivity contribution >= 4 is 40.6 Å². The topological polar surface area (TPSA) is 51.2 Å². The van der Waals surface area contributed by atoms with E-state index in [2.05, 4.69) is 0 Å². The van der Waals surface area contributed by atoms with Crippen LogP contribution in [0.4, 0.5) is 0 Å². The lowest BCUT2D eigenvalue weighted by Gasteiger charge is -1.98.